The van der Waals surface area contributed by atoms with Gasteiger partial charge in [0, 0.05) is 9.64 Å². The van der Waals surface area contributed by atoms with Gasteiger partial charge >= 0.3 is 0 Å². The minimum absolute atomic E-state index is 0.0164. The van der Waals surface area contributed by atoms with Crippen LogP contribution in [0.15, 0.2) is 41.3 Å². The van der Waals surface area contributed by atoms with Crippen molar-refractivity contribution in [3.63, 3.8) is 0 Å². The zero-order chi connectivity index (χ0) is 21.6. The minimum Gasteiger partial charge on any atom is -0.506 e. The lowest BCUT2D eigenvalue weighted by Gasteiger charge is -2.31. The average molecular weight is 412 g/mol. The van der Waals surface area contributed by atoms with Gasteiger partial charge in [-0.3, -0.25) is 0 Å². The standard InChI is InChI=1S/C24H33N3OS/c1-22(2,3)15-24(7,8)29-17-10-11-18-19(14-17)26-27(25-18)20-13-16(23(4,5)6)9-12-21(20)28/h9-14,28H,15H2,1-8H3. The van der Waals surface area contributed by atoms with Gasteiger partial charge in [0.05, 0.1) is 0 Å². The van der Waals surface area contributed by atoms with E-state index in [0.29, 0.717) is 5.69 Å². The molecule has 3 rings (SSSR count). The largest absolute Gasteiger partial charge is 0.506 e. The maximum absolute atomic E-state index is 10.4. The smallest absolute Gasteiger partial charge is 0.143 e. The van der Waals surface area contributed by atoms with Gasteiger partial charge in [-0.05, 0) is 53.1 Å². The van der Waals surface area contributed by atoms with E-state index in [1.165, 1.54) is 4.90 Å². The highest BCUT2D eigenvalue weighted by Crippen LogP contribution is 2.41. The number of hydrogen-bond acceptors (Lipinski definition) is 4. The third-order valence-electron chi connectivity index (χ3n) is 4.76. The molecule has 0 amide bonds. The summed E-state index contributed by atoms with van der Waals surface area (Å²) in [5, 5.41) is 19.7. The first kappa shape index (κ1) is 21.7. The van der Waals surface area contributed by atoms with Crippen molar-refractivity contribution in [1.82, 2.24) is 15.0 Å². The van der Waals surface area contributed by atoms with E-state index >= 15 is 0 Å². The Hall–Kier alpha value is -2.01. The van der Waals surface area contributed by atoms with Crippen LogP contribution in [0.3, 0.4) is 0 Å². The molecule has 3 aromatic rings. The summed E-state index contributed by atoms with van der Waals surface area (Å²) in [6.07, 6.45) is 1.11. The first-order chi connectivity index (χ1) is 13.2. The first-order valence-corrected chi connectivity index (χ1v) is 11.0. The van der Waals surface area contributed by atoms with Crippen molar-refractivity contribution in [2.75, 3.05) is 0 Å². The predicted octanol–water partition coefficient (Wildman–Crippen LogP) is 6.73. The molecule has 0 aliphatic carbocycles. The molecular weight excluding hydrogens is 378 g/mol. The summed E-state index contributed by atoms with van der Waals surface area (Å²) in [7, 11) is 0. The van der Waals surface area contributed by atoms with Crippen LogP contribution in [0.4, 0.5) is 0 Å². The van der Waals surface area contributed by atoms with Crippen LogP contribution in [0.2, 0.25) is 0 Å². The highest BCUT2D eigenvalue weighted by atomic mass is 32.2. The molecule has 5 heteroatoms. The van der Waals surface area contributed by atoms with E-state index in [-0.39, 0.29) is 21.3 Å². The predicted molar refractivity (Wildman–Crippen MR) is 123 cm³/mol. The van der Waals surface area contributed by atoms with Gasteiger partial charge in [-0.1, -0.05) is 61.5 Å². The number of hydrogen-bond donors (Lipinski definition) is 1. The Balaban J connectivity index is 1.94. The Morgan fingerprint density at radius 3 is 2.14 bits per heavy atom. The molecule has 156 valence electrons. The van der Waals surface area contributed by atoms with E-state index in [1.807, 2.05) is 30.0 Å². The summed E-state index contributed by atoms with van der Waals surface area (Å²) in [6, 6.07) is 11.9. The van der Waals surface area contributed by atoms with Gasteiger partial charge < -0.3 is 5.11 Å². The third kappa shape index (κ3) is 5.33. The molecule has 1 aromatic heterocycles. The second-order valence-corrected chi connectivity index (χ2v) is 12.5. The molecule has 0 unspecified atom stereocenters. The SMILES string of the molecule is CC(C)(C)CC(C)(C)Sc1ccc2nn(-c3cc(C(C)(C)C)ccc3O)nc2c1. The van der Waals surface area contributed by atoms with Gasteiger partial charge in [0.25, 0.3) is 0 Å². The Morgan fingerprint density at radius 1 is 0.862 bits per heavy atom. The molecule has 0 atom stereocenters. The van der Waals surface area contributed by atoms with Crippen LogP contribution in [-0.4, -0.2) is 24.8 Å². The maximum atomic E-state index is 10.4. The molecule has 2 aromatic carbocycles. The summed E-state index contributed by atoms with van der Waals surface area (Å²) < 4.78 is 0.126. The molecule has 0 radical (unpaired) electrons. The van der Waals surface area contributed by atoms with Gasteiger partial charge in [-0.15, -0.1) is 26.8 Å². The lowest BCUT2D eigenvalue weighted by atomic mass is 9.86. The van der Waals surface area contributed by atoms with E-state index in [2.05, 4.69) is 77.7 Å². The van der Waals surface area contributed by atoms with Crippen molar-refractivity contribution in [2.24, 2.45) is 5.41 Å². The monoisotopic (exact) mass is 411 g/mol. The number of phenolic OH excluding ortho intramolecular Hbond substituents is 1. The molecule has 0 fully saturated rings. The Labute approximate surface area is 178 Å². The highest BCUT2D eigenvalue weighted by molar-refractivity contribution is 8.00. The Bertz CT molecular complexity index is 1020. The number of benzene rings is 2. The molecule has 0 spiro atoms. The van der Waals surface area contributed by atoms with Crippen molar-refractivity contribution in [3.05, 3.63) is 42.0 Å². The van der Waals surface area contributed by atoms with E-state index in [9.17, 15) is 5.11 Å². The van der Waals surface area contributed by atoms with Crippen LogP contribution in [0.1, 0.15) is 67.4 Å². The lowest BCUT2D eigenvalue weighted by Crippen LogP contribution is -2.23. The molecule has 0 aliphatic heterocycles. The summed E-state index contributed by atoms with van der Waals surface area (Å²) in [4.78, 5) is 2.73. The molecule has 0 bridgehead atoms. The zero-order valence-electron chi connectivity index (χ0n) is 18.9. The zero-order valence-corrected chi connectivity index (χ0v) is 19.7. The summed E-state index contributed by atoms with van der Waals surface area (Å²) >= 11 is 1.88. The number of aromatic hydroxyl groups is 1. The van der Waals surface area contributed by atoms with E-state index in [4.69, 9.17) is 0 Å². The van der Waals surface area contributed by atoms with Crippen LogP contribution in [0, 0.1) is 5.41 Å². The maximum Gasteiger partial charge on any atom is 0.143 e. The number of fused-ring (bicyclic) bond motifs is 1. The molecule has 1 N–H and O–H groups in total. The van der Waals surface area contributed by atoms with Gasteiger partial charge in [0.1, 0.15) is 22.5 Å². The van der Waals surface area contributed by atoms with Crippen LogP contribution >= 0.6 is 11.8 Å². The van der Waals surface area contributed by atoms with E-state index < -0.39 is 0 Å². The summed E-state index contributed by atoms with van der Waals surface area (Å²) in [5.74, 6) is 0.180. The fraction of sp³-hybridized carbons (Fsp3) is 0.500. The third-order valence-corrected chi connectivity index (χ3v) is 5.95. The van der Waals surface area contributed by atoms with Gasteiger partial charge in [-0.25, -0.2) is 0 Å². The number of nitrogens with zero attached hydrogens (tertiary/aromatic N) is 3. The first-order valence-electron chi connectivity index (χ1n) is 10.1. The van der Waals surface area contributed by atoms with Crippen molar-refractivity contribution in [1.29, 1.82) is 0 Å². The fourth-order valence-corrected chi connectivity index (χ4v) is 5.30. The van der Waals surface area contributed by atoms with Gasteiger partial charge in [0.15, 0.2) is 0 Å². The van der Waals surface area contributed by atoms with Crippen LogP contribution < -0.4 is 0 Å². The topological polar surface area (TPSA) is 50.9 Å². The molecule has 0 aliphatic rings. The quantitative estimate of drug-likeness (QED) is 0.484. The molecular formula is C24H33N3OS. The van der Waals surface area contributed by atoms with Gasteiger partial charge in [-0.2, -0.15) is 0 Å². The van der Waals surface area contributed by atoms with Crippen molar-refractivity contribution < 1.29 is 5.11 Å². The Morgan fingerprint density at radius 2 is 1.52 bits per heavy atom. The van der Waals surface area contributed by atoms with Crippen molar-refractivity contribution in [2.45, 2.75) is 76.9 Å². The number of phenols is 1. The Kier molecular flexibility index (Phi) is 5.50. The minimum atomic E-state index is -0.0164. The second kappa shape index (κ2) is 7.35. The number of aromatic nitrogens is 3. The summed E-state index contributed by atoms with van der Waals surface area (Å²) in [6.45, 7) is 17.9. The summed E-state index contributed by atoms with van der Waals surface area (Å²) in [5.41, 5.74) is 3.66. The molecule has 0 saturated carbocycles. The number of rotatable bonds is 4. The molecule has 0 saturated heterocycles. The fourth-order valence-electron chi connectivity index (χ4n) is 3.85. The average Bonchev–Trinajstić information content (AvgIpc) is 2.94. The van der Waals surface area contributed by atoms with Crippen LogP contribution in [-0.2, 0) is 5.41 Å². The molecule has 4 nitrogen and oxygen atoms in total. The van der Waals surface area contributed by atoms with E-state index in [0.717, 1.165) is 23.0 Å². The van der Waals surface area contributed by atoms with E-state index in [1.54, 1.807) is 10.9 Å². The van der Waals surface area contributed by atoms with Crippen molar-refractivity contribution in [3.8, 4) is 11.4 Å². The molecule has 1 heterocycles. The second-order valence-electron chi connectivity index (χ2n) is 10.7. The van der Waals surface area contributed by atoms with Crippen LogP contribution in [0.5, 0.6) is 5.75 Å². The van der Waals surface area contributed by atoms with Gasteiger partial charge in [0.2, 0.25) is 0 Å². The number of thioether (sulfide) groups is 1. The lowest BCUT2D eigenvalue weighted by molar-refractivity contribution is 0.339. The van der Waals surface area contributed by atoms with Crippen molar-refractivity contribution >= 4 is 22.8 Å². The highest BCUT2D eigenvalue weighted by Gasteiger charge is 2.27. The molecule has 29 heavy (non-hydrogen) atoms. The normalized spacial score (nSPS) is 13.2. The van der Waals surface area contributed by atoms with Crippen LogP contribution in [0.25, 0.3) is 16.7 Å².